The van der Waals surface area contributed by atoms with Crippen molar-refractivity contribution in [1.29, 1.82) is 0 Å². The summed E-state index contributed by atoms with van der Waals surface area (Å²) in [4.78, 5) is 11.6. The highest BCUT2D eigenvalue weighted by molar-refractivity contribution is 7.80. The van der Waals surface area contributed by atoms with Crippen LogP contribution >= 0.6 is 0 Å². The standard InChI is InChI=1S/C14H21NO2.CH4O4S/c1-14(2,3)12-7-5-11(6-8-12)13(16)17-10-9-15-4;1-5-6(2,3)4/h5-8,15H,9-10H2,1-4H3;1H3,(H,2,3,4). The van der Waals surface area contributed by atoms with E-state index >= 15 is 0 Å². The van der Waals surface area contributed by atoms with Crippen molar-refractivity contribution in [3.05, 3.63) is 35.4 Å². The third-order valence-corrected chi connectivity index (χ3v) is 3.24. The monoisotopic (exact) mass is 347 g/mol. The maximum atomic E-state index is 11.6. The van der Waals surface area contributed by atoms with Crippen LogP contribution in [0.5, 0.6) is 0 Å². The van der Waals surface area contributed by atoms with Crippen molar-refractivity contribution in [3.8, 4) is 0 Å². The maximum absolute atomic E-state index is 11.6. The lowest BCUT2D eigenvalue weighted by Crippen LogP contribution is -2.80. The van der Waals surface area contributed by atoms with E-state index in [9.17, 15) is 17.8 Å². The van der Waals surface area contributed by atoms with Gasteiger partial charge in [-0.05, 0) is 23.1 Å². The fourth-order valence-electron chi connectivity index (χ4n) is 1.46. The van der Waals surface area contributed by atoms with E-state index in [2.05, 4.69) is 25.0 Å². The molecule has 23 heavy (non-hydrogen) atoms. The van der Waals surface area contributed by atoms with Crippen molar-refractivity contribution in [2.75, 3.05) is 27.3 Å². The molecule has 0 saturated carbocycles. The quantitative estimate of drug-likeness (QED) is 0.358. The largest absolute Gasteiger partial charge is 0.726 e. The molecule has 0 aliphatic carbocycles. The number of hydrogen-bond donors (Lipinski definition) is 1. The number of likely N-dealkylation sites (N-methyl/N-ethyl adjacent to an activating group) is 1. The Kier molecular flexibility index (Phi) is 8.99. The lowest BCUT2D eigenvalue weighted by atomic mass is 9.87. The second kappa shape index (κ2) is 9.61. The summed E-state index contributed by atoms with van der Waals surface area (Å²) >= 11 is 0. The van der Waals surface area contributed by atoms with Crippen molar-refractivity contribution in [3.63, 3.8) is 0 Å². The van der Waals surface area contributed by atoms with Crippen LogP contribution in [0, 0.1) is 0 Å². The van der Waals surface area contributed by atoms with E-state index in [0.717, 1.165) is 13.7 Å². The van der Waals surface area contributed by atoms with Crippen LogP contribution in [-0.2, 0) is 24.7 Å². The summed E-state index contributed by atoms with van der Waals surface area (Å²) in [6.45, 7) is 7.70. The predicted molar refractivity (Wildman–Crippen MR) is 84.8 cm³/mol. The average Bonchev–Trinajstić information content (AvgIpc) is 2.46. The van der Waals surface area contributed by atoms with E-state index < -0.39 is 10.4 Å². The van der Waals surface area contributed by atoms with Gasteiger partial charge in [-0.1, -0.05) is 32.9 Å². The van der Waals surface area contributed by atoms with Gasteiger partial charge < -0.3 is 14.6 Å². The van der Waals surface area contributed by atoms with E-state index in [1.807, 2.05) is 36.6 Å². The molecular formula is C15H25NO6S. The van der Waals surface area contributed by atoms with Gasteiger partial charge in [0, 0.05) is 0 Å². The van der Waals surface area contributed by atoms with Crippen LogP contribution in [-0.4, -0.2) is 46.2 Å². The van der Waals surface area contributed by atoms with E-state index in [1.165, 1.54) is 5.56 Å². The molecule has 8 heteroatoms. The topological polar surface area (TPSA) is 109 Å². The van der Waals surface area contributed by atoms with Gasteiger partial charge in [0.15, 0.2) is 0 Å². The van der Waals surface area contributed by atoms with Gasteiger partial charge >= 0.3 is 5.97 Å². The normalized spacial score (nSPS) is 11.4. The van der Waals surface area contributed by atoms with Gasteiger partial charge in [0.25, 0.3) is 0 Å². The lowest BCUT2D eigenvalue weighted by molar-refractivity contribution is -0.627. The molecule has 0 saturated heterocycles. The Labute approximate surface area is 137 Å². The van der Waals surface area contributed by atoms with Crippen molar-refractivity contribution in [1.82, 2.24) is 0 Å². The number of hydrogen-bond acceptors (Lipinski definition) is 6. The minimum Gasteiger partial charge on any atom is -0.726 e. The van der Waals surface area contributed by atoms with Crippen molar-refractivity contribution >= 4 is 16.4 Å². The number of carbonyl (C=O) groups is 1. The number of rotatable bonds is 5. The molecule has 1 aromatic carbocycles. The van der Waals surface area contributed by atoms with Crippen LogP contribution in [0.2, 0.25) is 0 Å². The Morgan fingerprint density at radius 2 is 1.70 bits per heavy atom. The summed E-state index contributed by atoms with van der Waals surface area (Å²) in [5.41, 5.74) is 1.95. The van der Waals surface area contributed by atoms with Gasteiger partial charge in [-0.2, -0.15) is 0 Å². The Morgan fingerprint density at radius 3 is 2.04 bits per heavy atom. The predicted octanol–water partition coefficient (Wildman–Crippen LogP) is 0.427. The van der Waals surface area contributed by atoms with Gasteiger partial charge in [-0.15, -0.1) is 0 Å². The van der Waals surface area contributed by atoms with Gasteiger partial charge in [-0.25, -0.2) is 13.2 Å². The minimum absolute atomic E-state index is 0.111. The van der Waals surface area contributed by atoms with Crippen LogP contribution in [0.4, 0.5) is 0 Å². The van der Waals surface area contributed by atoms with Gasteiger partial charge in [0.05, 0.1) is 19.7 Å². The lowest BCUT2D eigenvalue weighted by Gasteiger charge is -2.18. The fourth-order valence-corrected chi connectivity index (χ4v) is 1.46. The first-order chi connectivity index (χ1) is 10.5. The zero-order chi connectivity index (χ0) is 18.1. The molecule has 0 heterocycles. The Balaban J connectivity index is 0.000000688. The second-order valence-corrected chi connectivity index (χ2v) is 6.88. The summed E-state index contributed by atoms with van der Waals surface area (Å²) in [6, 6.07) is 7.64. The van der Waals surface area contributed by atoms with E-state index in [1.54, 1.807) is 0 Å². The zero-order valence-corrected chi connectivity index (χ0v) is 15.0. The molecule has 0 bridgehead atoms. The van der Waals surface area contributed by atoms with Gasteiger partial charge in [-0.3, -0.25) is 4.18 Å². The average molecular weight is 347 g/mol. The molecule has 0 unspecified atom stereocenters. The first-order valence-corrected chi connectivity index (χ1v) is 8.41. The van der Waals surface area contributed by atoms with Crippen LogP contribution < -0.4 is 5.32 Å². The number of nitrogens with two attached hydrogens (primary N) is 1. The molecule has 0 aromatic heterocycles. The number of benzene rings is 1. The van der Waals surface area contributed by atoms with Crippen LogP contribution in [0.1, 0.15) is 36.7 Å². The maximum Gasteiger partial charge on any atom is 0.338 e. The number of quaternary nitrogens is 1. The van der Waals surface area contributed by atoms with Crippen LogP contribution in [0.3, 0.4) is 0 Å². The number of carbonyl (C=O) groups excluding carboxylic acids is 1. The highest BCUT2D eigenvalue weighted by Crippen LogP contribution is 2.22. The summed E-state index contributed by atoms with van der Waals surface area (Å²) < 4.78 is 36.1. The molecule has 0 radical (unpaired) electrons. The molecule has 0 aliphatic rings. The molecule has 1 aromatic rings. The summed E-state index contributed by atoms with van der Waals surface area (Å²) in [6.07, 6.45) is 0. The van der Waals surface area contributed by atoms with E-state index in [4.69, 9.17) is 4.74 Å². The van der Waals surface area contributed by atoms with E-state index in [-0.39, 0.29) is 11.4 Å². The summed E-state index contributed by atoms with van der Waals surface area (Å²) in [5.74, 6) is -0.243. The molecule has 0 amide bonds. The smallest absolute Gasteiger partial charge is 0.338 e. The van der Waals surface area contributed by atoms with Gasteiger partial charge in [0.2, 0.25) is 10.4 Å². The number of esters is 1. The highest BCUT2D eigenvalue weighted by atomic mass is 32.3. The molecule has 0 atom stereocenters. The summed E-state index contributed by atoms with van der Waals surface area (Å²) in [7, 11) is -1.65. The van der Waals surface area contributed by atoms with E-state index in [0.29, 0.717) is 12.2 Å². The Bertz CT molecular complexity index is 575. The molecule has 132 valence electrons. The second-order valence-electron chi connectivity index (χ2n) is 5.74. The van der Waals surface area contributed by atoms with Gasteiger partial charge in [0.1, 0.15) is 13.2 Å². The molecular weight excluding hydrogens is 322 g/mol. The molecule has 7 nitrogen and oxygen atoms in total. The number of ether oxygens (including phenoxy) is 1. The van der Waals surface area contributed by atoms with Crippen molar-refractivity contribution in [2.24, 2.45) is 0 Å². The molecule has 0 spiro atoms. The molecule has 0 fully saturated rings. The van der Waals surface area contributed by atoms with Crippen molar-refractivity contribution in [2.45, 2.75) is 26.2 Å². The fraction of sp³-hybridized carbons (Fsp3) is 0.533. The zero-order valence-electron chi connectivity index (χ0n) is 14.2. The third kappa shape index (κ3) is 10.0. The van der Waals surface area contributed by atoms with Crippen LogP contribution in [0.25, 0.3) is 0 Å². The van der Waals surface area contributed by atoms with Crippen molar-refractivity contribution < 1.29 is 32.0 Å². The third-order valence-electron chi connectivity index (χ3n) is 2.83. The molecule has 1 rings (SSSR count). The van der Waals surface area contributed by atoms with Crippen LogP contribution in [0.15, 0.2) is 24.3 Å². The molecule has 2 N–H and O–H groups in total. The minimum atomic E-state index is -4.41. The highest BCUT2D eigenvalue weighted by Gasteiger charge is 2.14. The Hall–Kier alpha value is -1.48. The first kappa shape index (κ1) is 21.5. The first-order valence-electron chi connectivity index (χ1n) is 7.08. The summed E-state index contributed by atoms with van der Waals surface area (Å²) in [5, 5.41) is 1.98. The SMILES string of the molecule is COS(=O)(=O)[O-].C[NH2+]CCOC(=O)c1ccc(C(C)(C)C)cc1. The molecule has 0 aliphatic heterocycles. The Morgan fingerprint density at radius 1 is 1.22 bits per heavy atom.